The lowest BCUT2D eigenvalue weighted by Crippen LogP contribution is -2.27. The number of alkyl halides is 3. The van der Waals surface area contributed by atoms with E-state index >= 15 is 0 Å². The second-order valence-corrected chi connectivity index (χ2v) is 4.35. The molecule has 0 spiro atoms. The van der Waals surface area contributed by atoms with E-state index in [2.05, 4.69) is 12.1 Å². The van der Waals surface area contributed by atoms with Crippen LogP contribution in [0.25, 0.3) is 0 Å². The summed E-state index contributed by atoms with van der Waals surface area (Å²) in [7, 11) is 1.66. The van der Waals surface area contributed by atoms with E-state index in [1.54, 1.807) is 7.11 Å². The number of carboxylic acids is 1. The molecule has 0 aliphatic heterocycles. The van der Waals surface area contributed by atoms with Gasteiger partial charge in [0, 0.05) is 19.8 Å². The maximum absolute atomic E-state index is 10.6. The van der Waals surface area contributed by atoms with Crippen LogP contribution in [0.2, 0.25) is 0 Å². The highest BCUT2D eigenvalue weighted by molar-refractivity contribution is 5.73. The van der Waals surface area contributed by atoms with E-state index in [0.717, 1.165) is 6.42 Å². The molecule has 0 unspecified atom stereocenters. The standard InChI is InChI=1S/C12H19NO2.C2HF3O2/c1-14-10-12(13)7-8-15-9-11-5-3-2-4-6-11;3-2(4,5)1(6)7/h2-6,12H,7-10,13H2,1H3;(H,6,7)/t12-;/m0./s1. The zero-order valence-corrected chi connectivity index (χ0v) is 12.2. The van der Waals surface area contributed by atoms with Gasteiger partial charge in [0.05, 0.1) is 13.2 Å². The molecule has 0 saturated carbocycles. The first kappa shape index (κ1) is 20.4. The number of carbonyl (C=O) groups is 1. The molecule has 0 saturated heterocycles. The minimum Gasteiger partial charge on any atom is -0.475 e. The van der Waals surface area contributed by atoms with Crippen molar-refractivity contribution in [3.05, 3.63) is 35.9 Å². The highest BCUT2D eigenvalue weighted by Gasteiger charge is 2.38. The summed E-state index contributed by atoms with van der Waals surface area (Å²) in [6.07, 6.45) is -4.25. The average molecular weight is 323 g/mol. The van der Waals surface area contributed by atoms with Crippen LogP contribution in [0.15, 0.2) is 30.3 Å². The second kappa shape index (κ2) is 11.0. The predicted molar refractivity (Wildman–Crippen MR) is 74.3 cm³/mol. The van der Waals surface area contributed by atoms with E-state index in [-0.39, 0.29) is 6.04 Å². The van der Waals surface area contributed by atoms with Crippen molar-refractivity contribution >= 4 is 5.97 Å². The van der Waals surface area contributed by atoms with Gasteiger partial charge in [-0.25, -0.2) is 4.79 Å². The summed E-state index contributed by atoms with van der Waals surface area (Å²) in [5.74, 6) is -2.76. The lowest BCUT2D eigenvalue weighted by Gasteiger charge is -2.10. The van der Waals surface area contributed by atoms with E-state index < -0.39 is 12.1 Å². The van der Waals surface area contributed by atoms with Crippen molar-refractivity contribution in [2.45, 2.75) is 25.2 Å². The van der Waals surface area contributed by atoms with Crippen LogP contribution in [0.5, 0.6) is 0 Å². The lowest BCUT2D eigenvalue weighted by molar-refractivity contribution is -0.192. The van der Waals surface area contributed by atoms with Crippen LogP contribution in [0.1, 0.15) is 12.0 Å². The van der Waals surface area contributed by atoms with Gasteiger partial charge in [0.15, 0.2) is 0 Å². The molecule has 0 aromatic heterocycles. The molecule has 0 radical (unpaired) electrons. The Labute approximate surface area is 126 Å². The van der Waals surface area contributed by atoms with E-state index in [1.807, 2.05) is 18.2 Å². The van der Waals surface area contributed by atoms with Gasteiger partial charge in [-0.1, -0.05) is 30.3 Å². The van der Waals surface area contributed by atoms with Crippen LogP contribution in [0.4, 0.5) is 13.2 Å². The molecule has 22 heavy (non-hydrogen) atoms. The molecule has 5 nitrogen and oxygen atoms in total. The summed E-state index contributed by atoms with van der Waals surface area (Å²) >= 11 is 0. The molecule has 1 rings (SSSR count). The smallest absolute Gasteiger partial charge is 0.475 e. The highest BCUT2D eigenvalue weighted by Crippen LogP contribution is 2.13. The Morgan fingerprint density at radius 3 is 2.32 bits per heavy atom. The summed E-state index contributed by atoms with van der Waals surface area (Å²) < 4.78 is 42.2. The SMILES string of the molecule is COC[C@@H](N)CCOCc1ccccc1.O=C(O)C(F)(F)F. The second-order valence-electron chi connectivity index (χ2n) is 4.35. The quantitative estimate of drug-likeness (QED) is 0.752. The number of hydrogen-bond donors (Lipinski definition) is 2. The number of nitrogens with two attached hydrogens (primary N) is 1. The van der Waals surface area contributed by atoms with Crippen molar-refractivity contribution < 1.29 is 32.5 Å². The molecule has 126 valence electrons. The summed E-state index contributed by atoms with van der Waals surface area (Å²) in [5, 5.41) is 7.12. The first-order valence-electron chi connectivity index (χ1n) is 6.43. The van der Waals surface area contributed by atoms with E-state index in [4.69, 9.17) is 25.1 Å². The fourth-order valence-electron chi connectivity index (χ4n) is 1.30. The van der Waals surface area contributed by atoms with Gasteiger partial charge in [0.2, 0.25) is 0 Å². The summed E-state index contributed by atoms with van der Waals surface area (Å²) in [5.41, 5.74) is 6.95. The fraction of sp³-hybridized carbons (Fsp3) is 0.500. The molecule has 0 aliphatic carbocycles. The largest absolute Gasteiger partial charge is 0.490 e. The molecule has 0 heterocycles. The first-order chi connectivity index (χ1) is 10.3. The fourth-order valence-corrected chi connectivity index (χ4v) is 1.30. The van der Waals surface area contributed by atoms with E-state index in [0.29, 0.717) is 19.8 Å². The van der Waals surface area contributed by atoms with Gasteiger partial charge in [0.25, 0.3) is 0 Å². The number of methoxy groups -OCH3 is 1. The molecule has 3 N–H and O–H groups in total. The molecular weight excluding hydrogens is 303 g/mol. The van der Waals surface area contributed by atoms with Gasteiger partial charge in [-0.05, 0) is 12.0 Å². The highest BCUT2D eigenvalue weighted by atomic mass is 19.4. The molecule has 1 atom stereocenters. The number of hydrogen-bond acceptors (Lipinski definition) is 4. The Kier molecular flexibility index (Phi) is 10.2. The summed E-state index contributed by atoms with van der Waals surface area (Å²) in [6.45, 7) is 1.93. The van der Waals surface area contributed by atoms with Gasteiger partial charge in [-0.3, -0.25) is 0 Å². The Morgan fingerprint density at radius 1 is 1.32 bits per heavy atom. The van der Waals surface area contributed by atoms with Crippen LogP contribution in [0, 0.1) is 0 Å². The van der Waals surface area contributed by atoms with Crippen molar-refractivity contribution in [3.8, 4) is 0 Å². The van der Waals surface area contributed by atoms with Gasteiger partial charge < -0.3 is 20.3 Å². The van der Waals surface area contributed by atoms with E-state index in [1.165, 1.54) is 5.56 Å². The molecule has 1 aromatic rings. The van der Waals surface area contributed by atoms with E-state index in [9.17, 15) is 13.2 Å². The van der Waals surface area contributed by atoms with Crippen molar-refractivity contribution in [3.63, 3.8) is 0 Å². The summed E-state index contributed by atoms with van der Waals surface area (Å²) in [4.78, 5) is 8.90. The zero-order valence-electron chi connectivity index (χ0n) is 12.2. The van der Waals surface area contributed by atoms with Crippen molar-refractivity contribution in [2.75, 3.05) is 20.3 Å². The molecular formula is C14H20F3NO4. The Bertz CT molecular complexity index is 412. The maximum atomic E-state index is 10.6. The Morgan fingerprint density at radius 2 is 1.86 bits per heavy atom. The minimum absolute atomic E-state index is 0.0748. The van der Waals surface area contributed by atoms with Crippen LogP contribution < -0.4 is 5.73 Å². The lowest BCUT2D eigenvalue weighted by atomic mass is 10.2. The number of carboxylic acid groups (broad SMARTS) is 1. The minimum atomic E-state index is -5.08. The maximum Gasteiger partial charge on any atom is 0.490 e. The molecule has 0 aliphatic rings. The van der Waals surface area contributed by atoms with Crippen molar-refractivity contribution in [1.82, 2.24) is 0 Å². The number of aliphatic carboxylic acids is 1. The van der Waals surface area contributed by atoms with Gasteiger partial charge in [0.1, 0.15) is 0 Å². The molecule has 0 bridgehead atoms. The molecule has 1 aromatic carbocycles. The molecule has 0 fully saturated rings. The number of halogens is 3. The van der Waals surface area contributed by atoms with Gasteiger partial charge in [-0.15, -0.1) is 0 Å². The number of benzene rings is 1. The van der Waals surface area contributed by atoms with Crippen LogP contribution in [-0.4, -0.2) is 43.6 Å². The van der Waals surface area contributed by atoms with Crippen LogP contribution >= 0.6 is 0 Å². The molecule has 0 amide bonds. The van der Waals surface area contributed by atoms with Gasteiger partial charge >= 0.3 is 12.1 Å². The first-order valence-corrected chi connectivity index (χ1v) is 6.43. The van der Waals surface area contributed by atoms with Crippen molar-refractivity contribution in [1.29, 1.82) is 0 Å². The predicted octanol–water partition coefficient (Wildman–Crippen LogP) is 2.20. The topological polar surface area (TPSA) is 81.8 Å². The summed E-state index contributed by atoms with van der Waals surface area (Å²) in [6, 6.07) is 10.2. The van der Waals surface area contributed by atoms with Crippen LogP contribution in [-0.2, 0) is 20.9 Å². The third-order valence-corrected chi connectivity index (χ3v) is 2.37. The number of rotatable bonds is 7. The third-order valence-electron chi connectivity index (χ3n) is 2.37. The number of ether oxygens (including phenoxy) is 2. The van der Waals surface area contributed by atoms with Gasteiger partial charge in [-0.2, -0.15) is 13.2 Å². The average Bonchev–Trinajstić information content (AvgIpc) is 2.45. The van der Waals surface area contributed by atoms with Crippen molar-refractivity contribution in [2.24, 2.45) is 5.73 Å². The third kappa shape index (κ3) is 11.1. The molecule has 8 heteroatoms. The Hall–Kier alpha value is -1.64. The zero-order chi connectivity index (χ0) is 17.0. The Balaban J connectivity index is 0.000000534. The monoisotopic (exact) mass is 323 g/mol. The van der Waals surface area contributed by atoms with Crippen LogP contribution in [0.3, 0.4) is 0 Å². The normalized spacial score (nSPS) is 12.2.